The molecule has 5 heteroatoms. The van der Waals surface area contributed by atoms with E-state index in [1.807, 2.05) is 19.1 Å². The van der Waals surface area contributed by atoms with Gasteiger partial charge in [0.2, 0.25) is 0 Å². The van der Waals surface area contributed by atoms with E-state index in [9.17, 15) is 0 Å². The first kappa shape index (κ1) is 12.6. The maximum atomic E-state index is 5.95. The number of ether oxygens (including phenoxy) is 1. The fourth-order valence-electron chi connectivity index (χ4n) is 2.40. The van der Waals surface area contributed by atoms with Crippen molar-refractivity contribution < 1.29 is 4.74 Å². The van der Waals surface area contributed by atoms with Crippen molar-refractivity contribution in [1.82, 2.24) is 15.1 Å². The first-order chi connectivity index (χ1) is 9.20. The molecule has 0 N–H and O–H groups in total. The van der Waals surface area contributed by atoms with Crippen LogP contribution in [0.3, 0.4) is 0 Å². The average Bonchev–Trinajstić information content (AvgIpc) is 2.94. The van der Waals surface area contributed by atoms with Gasteiger partial charge in [-0.05, 0) is 25.6 Å². The molecule has 1 aromatic carbocycles. The summed E-state index contributed by atoms with van der Waals surface area (Å²) in [6.07, 6.45) is 1.24. The molecule has 0 saturated heterocycles. The van der Waals surface area contributed by atoms with Gasteiger partial charge in [-0.25, -0.2) is 0 Å². The van der Waals surface area contributed by atoms with E-state index in [-0.39, 0.29) is 6.10 Å². The topological polar surface area (TPSA) is 38.2 Å². The molecule has 100 valence electrons. The number of nitrogens with zero attached hydrogens (tertiary/aromatic N) is 3. The first-order valence-corrected chi connectivity index (χ1v) is 7.24. The van der Waals surface area contributed by atoms with E-state index in [4.69, 9.17) is 4.74 Å². The van der Waals surface area contributed by atoms with Gasteiger partial charge in [0.15, 0.2) is 0 Å². The van der Waals surface area contributed by atoms with Gasteiger partial charge in [0, 0.05) is 13.0 Å². The van der Waals surface area contributed by atoms with Crippen molar-refractivity contribution in [1.29, 1.82) is 0 Å². The summed E-state index contributed by atoms with van der Waals surface area (Å²) in [5, 5.41) is 10.3. The molecule has 19 heavy (non-hydrogen) atoms. The van der Waals surface area contributed by atoms with E-state index in [1.165, 1.54) is 5.56 Å². The Morgan fingerprint density at radius 1 is 1.37 bits per heavy atom. The standard InChI is InChI=1S/C14H17N3OS/c1-10-15-16-14(19-10)9-17(2)8-12-7-11-5-3-4-6-13(11)18-12/h3-6,12H,7-9H2,1-2H3/t12-/m1/s1. The normalized spacial score (nSPS) is 17.5. The van der Waals surface area contributed by atoms with Gasteiger partial charge in [0.1, 0.15) is 21.9 Å². The quantitative estimate of drug-likeness (QED) is 0.858. The lowest BCUT2D eigenvalue weighted by Gasteiger charge is -2.19. The van der Waals surface area contributed by atoms with Crippen LogP contribution in [0, 0.1) is 6.92 Å². The maximum absolute atomic E-state index is 5.95. The molecule has 0 saturated carbocycles. The molecule has 2 aromatic rings. The van der Waals surface area contributed by atoms with Crippen LogP contribution in [-0.4, -0.2) is 34.8 Å². The predicted molar refractivity (Wildman–Crippen MR) is 75.5 cm³/mol. The van der Waals surface area contributed by atoms with Crippen LogP contribution in [0.25, 0.3) is 0 Å². The zero-order valence-corrected chi connectivity index (χ0v) is 12.0. The van der Waals surface area contributed by atoms with E-state index in [0.29, 0.717) is 0 Å². The van der Waals surface area contributed by atoms with E-state index >= 15 is 0 Å². The summed E-state index contributed by atoms with van der Waals surface area (Å²) in [6, 6.07) is 8.28. The van der Waals surface area contributed by atoms with Crippen molar-refractivity contribution in [2.24, 2.45) is 0 Å². The molecule has 1 atom stereocenters. The van der Waals surface area contributed by atoms with E-state index in [2.05, 4.69) is 34.3 Å². The molecule has 0 amide bonds. The Hall–Kier alpha value is -1.46. The second kappa shape index (κ2) is 5.27. The Bertz CT molecular complexity index is 544. The van der Waals surface area contributed by atoms with Gasteiger partial charge < -0.3 is 4.74 Å². The minimum atomic E-state index is 0.247. The van der Waals surface area contributed by atoms with Gasteiger partial charge in [-0.15, -0.1) is 21.5 Å². The number of hydrogen-bond donors (Lipinski definition) is 0. The lowest BCUT2D eigenvalue weighted by atomic mass is 10.1. The Morgan fingerprint density at radius 2 is 2.21 bits per heavy atom. The Balaban J connectivity index is 1.55. The lowest BCUT2D eigenvalue weighted by molar-refractivity contribution is 0.165. The molecular formula is C14H17N3OS. The van der Waals surface area contributed by atoms with Crippen LogP contribution in [0.2, 0.25) is 0 Å². The van der Waals surface area contributed by atoms with Gasteiger partial charge in [0.25, 0.3) is 0 Å². The van der Waals surface area contributed by atoms with Crippen molar-refractivity contribution >= 4 is 11.3 Å². The van der Waals surface area contributed by atoms with Crippen molar-refractivity contribution in [3.8, 4) is 5.75 Å². The van der Waals surface area contributed by atoms with Crippen LogP contribution in [0.1, 0.15) is 15.6 Å². The van der Waals surface area contributed by atoms with Crippen LogP contribution in [-0.2, 0) is 13.0 Å². The van der Waals surface area contributed by atoms with Crippen LogP contribution >= 0.6 is 11.3 Å². The number of aromatic nitrogens is 2. The molecule has 0 bridgehead atoms. The molecule has 1 aromatic heterocycles. The smallest absolute Gasteiger partial charge is 0.131 e. The highest BCUT2D eigenvalue weighted by atomic mass is 32.1. The zero-order chi connectivity index (χ0) is 13.2. The third kappa shape index (κ3) is 2.93. The number of benzene rings is 1. The number of rotatable bonds is 4. The number of hydrogen-bond acceptors (Lipinski definition) is 5. The minimum absolute atomic E-state index is 0.247. The molecule has 0 unspecified atom stereocenters. The zero-order valence-electron chi connectivity index (χ0n) is 11.2. The second-order valence-electron chi connectivity index (χ2n) is 4.96. The fourth-order valence-corrected chi connectivity index (χ4v) is 3.19. The molecule has 1 aliphatic rings. The van der Waals surface area contributed by atoms with E-state index < -0.39 is 0 Å². The van der Waals surface area contributed by atoms with Crippen LogP contribution < -0.4 is 4.74 Å². The predicted octanol–water partition coefficient (Wildman–Crippen LogP) is 2.28. The van der Waals surface area contributed by atoms with Crippen molar-refractivity contribution in [3.63, 3.8) is 0 Å². The monoisotopic (exact) mass is 275 g/mol. The van der Waals surface area contributed by atoms with Crippen LogP contribution in [0.5, 0.6) is 5.75 Å². The summed E-state index contributed by atoms with van der Waals surface area (Å²) in [4.78, 5) is 2.25. The van der Waals surface area contributed by atoms with E-state index in [1.54, 1.807) is 11.3 Å². The highest BCUT2D eigenvalue weighted by molar-refractivity contribution is 7.11. The molecule has 2 heterocycles. The molecule has 4 nitrogen and oxygen atoms in total. The van der Waals surface area contributed by atoms with Crippen molar-refractivity contribution in [2.75, 3.05) is 13.6 Å². The van der Waals surface area contributed by atoms with Gasteiger partial charge in [0.05, 0.1) is 6.54 Å². The highest BCUT2D eigenvalue weighted by Gasteiger charge is 2.23. The molecule has 0 spiro atoms. The number of aryl methyl sites for hydroxylation is 1. The molecule has 0 radical (unpaired) electrons. The largest absolute Gasteiger partial charge is 0.488 e. The van der Waals surface area contributed by atoms with Crippen LogP contribution in [0.15, 0.2) is 24.3 Å². The fraction of sp³-hybridized carbons (Fsp3) is 0.429. The van der Waals surface area contributed by atoms with Crippen molar-refractivity contribution in [2.45, 2.75) is 26.0 Å². The first-order valence-electron chi connectivity index (χ1n) is 6.43. The maximum Gasteiger partial charge on any atom is 0.131 e. The number of fused-ring (bicyclic) bond motifs is 1. The Morgan fingerprint density at radius 3 is 2.95 bits per heavy atom. The summed E-state index contributed by atoms with van der Waals surface area (Å²) >= 11 is 1.66. The summed E-state index contributed by atoms with van der Waals surface area (Å²) in [5.74, 6) is 1.03. The van der Waals surface area contributed by atoms with Crippen LogP contribution in [0.4, 0.5) is 0 Å². The second-order valence-corrected chi connectivity index (χ2v) is 6.23. The molecule has 0 fully saturated rings. The average molecular weight is 275 g/mol. The third-order valence-electron chi connectivity index (χ3n) is 3.20. The lowest BCUT2D eigenvalue weighted by Crippen LogP contribution is -2.31. The Labute approximate surface area is 117 Å². The molecular weight excluding hydrogens is 258 g/mol. The van der Waals surface area contributed by atoms with Gasteiger partial charge in [-0.3, -0.25) is 4.90 Å². The summed E-state index contributed by atoms with van der Waals surface area (Å²) in [6.45, 7) is 3.73. The van der Waals surface area contributed by atoms with E-state index in [0.717, 1.165) is 35.3 Å². The summed E-state index contributed by atoms with van der Waals surface area (Å²) in [7, 11) is 2.10. The molecule has 1 aliphatic heterocycles. The number of para-hydroxylation sites is 1. The summed E-state index contributed by atoms with van der Waals surface area (Å²) in [5.41, 5.74) is 1.31. The van der Waals surface area contributed by atoms with Gasteiger partial charge in [-0.1, -0.05) is 18.2 Å². The Kier molecular flexibility index (Phi) is 3.48. The third-order valence-corrected chi connectivity index (χ3v) is 4.03. The SMILES string of the molecule is Cc1nnc(CN(C)C[C@H]2Cc3ccccc3O2)s1. The van der Waals surface area contributed by atoms with Gasteiger partial charge >= 0.3 is 0 Å². The molecule has 3 rings (SSSR count). The van der Waals surface area contributed by atoms with Gasteiger partial charge in [-0.2, -0.15) is 0 Å². The number of likely N-dealkylation sites (N-methyl/N-ethyl adjacent to an activating group) is 1. The summed E-state index contributed by atoms with van der Waals surface area (Å²) < 4.78 is 5.95. The minimum Gasteiger partial charge on any atom is -0.488 e. The van der Waals surface area contributed by atoms with Crippen molar-refractivity contribution in [3.05, 3.63) is 39.8 Å². The molecule has 0 aliphatic carbocycles. The highest BCUT2D eigenvalue weighted by Crippen LogP contribution is 2.28.